The summed E-state index contributed by atoms with van der Waals surface area (Å²) >= 11 is 0. The second kappa shape index (κ2) is 6.95. The van der Waals surface area contributed by atoms with Gasteiger partial charge in [-0.1, -0.05) is 19.9 Å². The first kappa shape index (κ1) is 18.7. The second-order valence-corrected chi connectivity index (χ2v) is 4.79. The molecule has 7 heteroatoms. The van der Waals surface area contributed by atoms with E-state index in [0.717, 1.165) is 12.1 Å². The van der Waals surface area contributed by atoms with Crippen molar-refractivity contribution in [2.45, 2.75) is 33.0 Å². The zero-order valence-corrected chi connectivity index (χ0v) is 12.2. The summed E-state index contributed by atoms with van der Waals surface area (Å²) in [6.07, 6.45) is -4.44. The van der Waals surface area contributed by atoms with Gasteiger partial charge in [-0.25, -0.2) is 0 Å². The standard InChI is InChI=1S/C13H17F3N2O.ClH/c1-7(2)11(17)12(19)18-10-6-9(13(14,15)16)5-4-8(10)3;/h4-7,11H,17H2,1-3H3,(H,18,19);1H/t11-;/m1./s1. The highest BCUT2D eigenvalue weighted by Crippen LogP contribution is 2.32. The van der Waals surface area contributed by atoms with E-state index in [2.05, 4.69) is 5.32 Å². The van der Waals surface area contributed by atoms with Crippen LogP contribution in [0.15, 0.2) is 18.2 Å². The van der Waals surface area contributed by atoms with Gasteiger partial charge in [0, 0.05) is 5.69 Å². The van der Waals surface area contributed by atoms with Gasteiger partial charge >= 0.3 is 6.18 Å². The Kier molecular flexibility index (Phi) is 6.50. The summed E-state index contributed by atoms with van der Waals surface area (Å²) in [5.74, 6) is -0.580. The molecule has 114 valence electrons. The largest absolute Gasteiger partial charge is 0.416 e. The van der Waals surface area contributed by atoms with E-state index in [-0.39, 0.29) is 24.0 Å². The summed E-state index contributed by atoms with van der Waals surface area (Å²) in [7, 11) is 0. The molecule has 0 unspecified atom stereocenters. The predicted octanol–water partition coefficient (Wildman–Crippen LogP) is 3.36. The summed E-state index contributed by atoms with van der Waals surface area (Å²) in [6, 6.07) is 2.46. The SMILES string of the molecule is Cc1ccc(C(F)(F)F)cc1NC(=O)[C@H](N)C(C)C.Cl. The number of benzene rings is 1. The highest BCUT2D eigenvalue weighted by molar-refractivity contribution is 5.95. The van der Waals surface area contributed by atoms with Gasteiger partial charge in [0.1, 0.15) is 0 Å². The Balaban J connectivity index is 0.00000361. The molecule has 0 saturated heterocycles. The van der Waals surface area contributed by atoms with Gasteiger partial charge in [0.25, 0.3) is 0 Å². The van der Waals surface area contributed by atoms with Gasteiger partial charge < -0.3 is 11.1 Å². The first-order valence-electron chi connectivity index (χ1n) is 5.87. The minimum atomic E-state index is -4.44. The van der Waals surface area contributed by atoms with Crippen LogP contribution in [-0.4, -0.2) is 11.9 Å². The number of rotatable bonds is 3. The van der Waals surface area contributed by atoms with Crippen molar-refractivity contribution < 1.29 is 18.0 Å². The maximum atomic E-state index is 12.6. The van der Waals surface area contributed by atoms with Crippen LogP contribution in [-0.2, 0) is 11.0 Å². The van der Waals surface area contributed by atoms with E-state index < -0.39 is 23.7 Å². The molecule has 0 heterocycles. The minimum Gasteiger partial charge on any atom is -0.324 e. The molecule has 1 rings (SSSR count). The van der Waals surface area contributed by atoms with E-state index in [1.807, 2.05) is 0 Å². The van der Waals surface area contributed by atoms with Gasteiger partial charge in [0.2, 0.25) is 5.91 Å². The van der Waals surface area contributed by atoms with Crippen LogP contribution in [0.4, 0.5) is 18.9 Å². The fraction of sp³-hybridized carbons (Fsp3) is 0.462. The lowest BCUT2D eigenvalue weighted by Gasteiger charge is -2.17. The number of nitrogens with one attached hydrogen (secondary N) is 1. The third-order valence-corrected chi connectivity index (χ3v) is 2.84. The summed E-state index contributed by atoms with van der Waals surface area (Å²) in [4.78, 5) is 11.7. The Morgan fingerprint density at radius 2 is 1.85 bits per heavy atom. The molecule has 3 nitrogen and oxygen atoms in total. The molecule has 1 amide bonds. The minimum absolute atomic E-state index is 0. The Bertz CT molecular complexity index is 475. The normalized spacial score (nSPS) is 12.8. The van der Waals surface area contributed by atoms with Crippen LogP contribution in [0, 0.1) is 12.8 Å². The zero-order chi connectivity index (χ0) is 14.8. The van der Waals surface area contributed by atoms with Crippen molar-refractivity contribution in [3.8, 4) is 0 Å². The molecule has 0 radical (unpaired) electrons. The smallest absolute Gasteiger partial charge is 0.324 e. The number of hydrogen-bond donors (Lipinski definition) is 2. The first-order chi connectivity index (χ1) is 8.62. The number of carbonyl (C=O) groups excluding carboxylic acids is 1. The van der Waals surface area contributed by atoms with Gasteiger partial charge in [-0.2, -0.15) is 13.2 Å². The first-order valence-corrected chi connectivity index (χ1v) is 5.87. The quantitative estimate of drug-likeness (QED) is 0.899. The molecule has 0 aromatic heterocycles. The molecule has 0 aliphatic carbocycles. The topological polar surface area (TPSA) is 55.1 Å². The summed E-state index contributed by atoms with van der Waals surface area (Å²) < 4.78 is 37.8. The van der Waals surface area contributed by atoms with Crippen molar-refractivity contribution in [2.24, 2.45) is 11.7 Å². The molecule has 0 saturated carbocycles. The number of halogens is 4. The van der Waals surface area contributed by atoms with Crippen LogP contribution in [0.25, 0.3) is 0 Å². The Hall–Kier alpha value is -1.27. The van der Waals surface area contributed by atoms with E-state index >= 15 is 0 Å². The van der Waals surface area contributed by atoms with E-state index in [9.17, 15) is 18.0 Å². The van der Waals surface area contributed by atoms with E-state index in [1.165, 1.54) is 6.07 Å². The molecule has 0 aliphatic heterocycles. The number of aryl methyl sites for hydroxylation is 1. The van der Waals surface area contributed by atoms with Crippen molar-refractivity contribution in [3.05, 3.63) is 29.3 Å². The summed E-state index contributed by atoms with van der Waals surface area (Å²) in [5.41, 5.74) is 5.54. The van der Waals surface area contributed by atoms with Crippen LogP contribution in [0.5, 0.6) is 0 Å². The van der Waals surface area contributed by atoms with Gasteiger partial charge in [-0.15, -0.1) is 12.4 Å². The molecule has 20 heavy (non-hydrogen) atoms. The molecule has 1 atom stereocenters. The third-order valence-electron chi connectivity index (χ3n) is 2.84. The Morgan fingerprint density at radius 1 is 1.30 bits per heavy atom. The third kappa shape index (κ3) is 4.68. The lowest BCUT2D eigenvalue weighted by Crippen LogP contribution is -2.39. The van der Waals surface area contributed by atoms with Gasteiger partial charge in [-0.05, 0) is 30.5 Å². The molecule has 0 fully saturated rings. The fourth-order valence-electron chi connectivity index (χ4n) is 1.45. The molecule has 3 N–H and O–H groups in total. The van der Waals surface area contributed by atoms with Gasteiger partial charge in [-0.3, -0.25) is 4.79 Å². The molecular weight excluding hydrogens is 293 g/mol. The van der Waals surface area contributed by atoms with Crippen molar-refractivity contribution in [3.63, 3.8) is 0 Å². The lowest BCUT2D eigenvalue weighted by atomic mass is 10.0. The Labute approximate surface area is 122 Å². The molecule has 1 aromatic rings. The maximum absolute atomic E-state index is 12.6. The van der Waals surface area contributed by atoms with E-state index in [0.29, 0.717) is 5.56 Å². The van der Waals surface area contributed by atoms with Crippen LogP contribution >= 0.6 is 12.4 Å². The fourth-order valence-corrected chi connectivity index (χ4v) is 1.45. The highest BCUT2D eigenvalue weighted by atomic mass is 35.5. The second-order valence-electron chi connectivity index (χ2n) is 4.79. The maximum Gasteiger partial charge on any atom is 0.416 e. The molecule has 0 spiro atoms. The number of carbonyl (C=O) groups is 1. The number of alkyl halides is 3. The van der Waals surface area contributed by atoms with Crippen molar-refractivity contribution in [1.82, 2.24) is 0 Å². The average molecular weight is 311 g/mol. The van der Waals surface area contributed by atoms with E-state index in [4.69, 9.17) is 5.73 Å². The Morgan fingerprint density at radius 3 is 2.30 bits per heavy atom. The van der Waals surface area contributed by atoms with Gasteiger partial charge in [0.05, 0.1) is 11.6 Å². The van der Waals surface area contributed by atoms with Gasteiger partial charge in [0.15, 0.2) is 0 Å². The number of amides is 1. The summed E-state index contributed by atoms with van der Waals surface area (Å²) in [6.45, 7) is 5.16. The monoisotopic (exact) mass is 310 g/mol. The molecule has 0 bridgehead atoms. The predicted molar refractivity (Wildman–Crippen MR) is 74.9 cm³/mol. The van der Waals surface area contributed by atoms with Crippen LogP contribution in [0.2, 0.25) is 0 Å². The van der Waals surface area contributed by atoms with E-state index in [1.54, 1.807) is 20.8 Å². The average Bonchev–Trinajstić information content (AvgIpc) is 2.29. The summed E-state index contributed by atoms with van der Waals surface area (Å²) in [5, 5.41) is 2.44. The number of nitrogens with two attached hydrogens (primary N) is 1. The van der Waals surface area contributed by atoms with Crippen LogP contribution in [0.3, 0.4) is 0 Å². The van der Waals surface area contributed by atoms with Crippen molar-refractivity contribution in [1.29, 1.82) is 0 Å². The van der Waals surface area contributed by atoms with Crippen LogP contribution in [0.1, 0.15) is 25.0 Å². The van der Waals surface area contributed by atoms with Crippen molar-refractivity contribution >= 4 is 24.0 Å². The number of hydrogen-bond acceptors (Lipinski definition) is 2. The number of anilines is 1. The highest BCUT2D eigenvalue weighted by Gasteiger charge is 2.31. The lowest BCUT2D eigenvalue weighted by molar-refractivity contribution is -0.137. The molecular formula is C13H18ClF3N2O. The zero-order valence-electron chi connectivity index (χ0n) is 11.4. The van der Waals surface area contributed by atoms with Crippen molar-refractivity contribution in [2.75, 3.05) is 5.32 Å². The van der Waals surface area contributed by atoms with Crippen LogP contribution < -0.4 is 11.1 Å². The molecule has 1 aromatic carbocycles. The molecule has 0 aliphatic rings.